The number of hydrogen-bond acceptors (Lipinski definition) is 5. The molecule has 4 aromatic rings. The van der Waals surface area contributed by atoms with Crippen LogP contribution < -0.4 is 10.5 Å². The number of benzene rings is 2. The molecular weight excluding hydrogens is 390 g/mol. The maximum Gasteiger partial charge on any atom is 0.158 e. The van der Waals surface area contributed by atoms with Crippen molar-refractivity contribution in [1.29, 1.82) is 0 Å². The highest BCUT2D eigenvalue weighted by Crippen LogP contribution is 2.32. The summed E-state index contributed by atoms with van der Waals surface area (Å²) < 4.78 is 19.5. The van der Waals surface area contributed by atoms with Gasteiger partial charge in [0.25, 0.3) is 0 Å². The Hall–Kier alpha value is -3.09. The molecule has 6 nitrogen and oxygen atoms in total. The number of nitrogens with zero attached hydrogens (tertiary/aromatic N) is 2. The molecule has 1 fully saturated rings. The molecule has 5 rings (SSSR count). The molecule has 1 atom stereocenters. The lowest BCUT2D eigenvalue weighted by Gasteiger charge is -2.23. The lowest BCUT2D eigenvalue weighted by molar-refractivity contribution is -0.169. The molecule has 1 saturated heterocycles. The van der Waals surface area contributed by atoms with Crippen LogP contribution in [0.5, 0.6) is 5.75 Å². The van der Waals surface area contributed by atoms with Crippen molar-refractivity contribution in [1.82, 2.24) is 9.55 Å². The number of hydrogen-bond donors (Lipinski definition) is 1. The van der Waals surface area contributed by atoms with Gasteiger partial charge in [-0.15, -0.1) is 0 Å². The van der Waals surface area contributed by atoms with Gasteiger partial charge in [-0.25, -0.2) is 4.98 Å². The fraction of sp³-hybridized carbons (Fsp3) is 0.320. The zero-order valence-electron chi connectivity index (χ0n) is 17.7. The highest BCUT2D eigenvalue weighted by atomic mass is 16.7. The second-order valence-corrected chi connectivity index (χ2v) is 7.95. The fourth-order valence-corrected chi connectivity index (χ4v) is 4.28. The van der Waals surface area contributed by atoms with E-state index in [1.165, 1.54) is 5.56 Å². The van der Waals surface area contributed by atoms with E-state index < -0.39 is 0 Å². The summed E-state index contributed by atoms with van der Waals surface area (Å²) in [6.45, 7) is 1.93. The Labute approximate surface area is 181 Å². The van der Waals surface area contributed by atoms with E-state index in [0.717, 1.165) is 59.1 Å². The average molecular weight is 418 g/mol. The summed E-state index contributed by atoms with van der Waals surface area (Å²) in [6, 6.07) is 18.4. The van der Waals surface area contributed by atoms with Crippen LogP contribution in [0.25, 0.3) is 21.8 Å². The molecule has 1 unspecified atom stereocenters. The minimum atomic E-state index is -0.145. The van der Waals surface area contributed by atoms with Gasteiger partial charge < -0.3 is 24.5 Å². The molecule has 31 heavy (non-hydrogen) atoms. The van der Waals surface area contributed by atoms with E-state index in [1.807, 2.05) is 30.3 Å². The minimum absolute atomic E-state index is 0.145. The lowest BCUT2D eigenvalue weighted by Crippen LogP contribution is -2.22. The number of anilines is 1. The summed E-state index contributed by atoms with van der Waals surface area (Å²) in [5.41, 5.74) is 10.6. The maximum absolute atomic E-state index is 6.37. The van der Waals surface area contributed by atoms with Crippen LogP contribution in [0.15, 0.2) is 54.6 Å². The van der Waals surface area contributed by atoms with Crippen LogP contribution in [0.1, 0.15) is 30.5 Å². The van der Waals surface area contributed by atoms with Crippen LogP contribution >= 0.6 is 0 Å². The Balaban J connectivity index is 1.59. The van der Waals surface area contributed by atoms with E-state index in [0.29, 0.717) is 19.0 Å². The van der Waals surface area contributed by atoms with E-state index >= 15 is 0 Å². The number of aromatic nitrogens is 2. The Morgan fingerprint density at radius 3 is 2.71 bits per heavy atom. The second kappa shape index (κ2) is 8.57. The molecule has 0 radical (unpaired) electrons. The molecule has 2 aromatic carbocycles. The number of fused-ring (bicyclic) bond motifs is 3. The molecule has 1 aliphatic rings. The highest BCUT2D eigenvalue weighted by molar-refractivity contribution is 6.08. The summed E-state index contributed by atoms with van der Waals surface area (Å²) in [4.78, 5) is 4.62. The summed E-state index contributed by atoms with van der Waals surface area (Å²) in [5, 5.41) is 2.04. The third-order valence-electron chi connectivity index (χ3n) is 5.91. The van der Waals surface area contributed by atoms with E-state index in [2.05, 4.69) is 33.8 Å². The normalized spacial score (nSPS) is 16.7. The molecule has 6 heteroatoms. The van der Waals surface area contributed by atoms with Gasteiger partial charge in [-0.1, -0.05) is 30.3 Å². The van der Waals surface area contributed by atoms with Gasteiger partial charge in [0.15, 0.2) is 6.29 Å². The van der Waals surface area contributed by atoms with Gasteiger partial charge in [0, 0.05) is 29.6 Å². The Kier molecular flexibility index (Phi) is 5.49. The van der Waals surface area contributed by atoms with Gasteiger partial charge in [-0.05, 0) is 49.1 Å². The maximum atomic E-state index is 6.37. The van der Waals surface area contributed by atoms with Crippen LogP contribution in [-0.2, 0) is 22.6 Å². The predicted molar refractivity (Wildman–Crippen MR) is 122 cm³/mol. The summed E-state index contributed by atoms with van der Waals surface area (Å²) in [5.74, 6) is 1.38. The van der Waals surface area contributed by atoms with Crippen molar-refractivity contribution in [3.05, 3.63) is 65.9 Å². The first-order valence-corrected chi connectivity index (χ1v) is 10.8. The van der Waals surface area contributed by atoms with Crippen LogP contribution in [-0.4, -0.2) is 29.6 Å². The van der Waals surface area contributed by atoms with Crippen molar-refractivity contribution in [2.45, 2.75) is 38.7 Å². The van der Waals surface area contributed by atoms with Crippen LogP contribution in [0.2, 0.25) is 0 Å². The summed E-state index contributed by atoms with van der Waals surface area (Å²) in [6.07, 6.45) is 3.03. The second-order valence-electron chi connectivity index (χ2n) is 7.95. The van der Waals surface area contributed by atoms with Gasteiger partial charge in [0.1, 0.15) is 11.6 Å². The van der Waals surface area contributed by atoms with E-state index in [4.69, 9.17) is 19.9 Å². The summed E-state index contributed by atoms with van der Waals surface area (Å²) in [7, 11) is 1.68. The van der Waals surface area contributed by atoms with Crippen molar-refractivity contribution in [2.75, 3.05) is 19.5 Å². The molecule has 2 N–H and O–H groups in total. The molecule has 0 spiro atoms. The quantitative estimate of drug-likeness (QED) is 0.484. The molecule has 0 aliphatic carbocycles. The number of nitrogens with two attached hydrogens (primary N) is 1. The van der Waals surface area contributed by atoms with E-state index in [9.17, 15) is 0 Å². The molecule has 3 heterocycles. The number of para-hydroxylation sites is 1. The van der Waals surface area contributed by atoms with Gasteiger partial charge >= 0.3 is 0 Å². The average Bonchev–Trinajstić information content (AvgIpc) is 3.18. The zero-order chi connectivity index (χ0) is 21.2. The first kappa shape index (κ1) is 19.8. The van der Waals surface area contributed by atoms with Gasteiger partial charge in [-0.2, -0.15) is 0 Å². The third-order valence-corrected chi connectivity index (χ3v) is 5.91. The third kappa shape index (κ3) is 3.96. The minimum Gasteiger partial charge on any atom is -0.497 e. The number of ether oxygens (including phenoxy) is 3. The Morgan fingerprint density at radius 1 is 1.10 bits per heavy atom. The van der Waals surface area contributed by atoms with Gasteiger partial charge in [-0.3, -0.25) is 0 Å². The Bertz CT molecular complexity index is 1190. The van der Waals surface area contributed by atoms with E-state index in [1.54, 1.807) is 7.11 Å². The fourth-order valence-electron chi connectivity index (χ4n) is 4.28. The van der Waals surface area contributed by atoms with Crippen LogP contribution in [0, 0.1) is 0 Å². The van der Waals surface area contributed by atoms with Crippen molar-refractivity contribution < 1.29 is 14.2 Å². The number of rotatable bonds is 6. The van der Waals surface area contributed by atoms with Crippen LogP contribution in [0.3, 0.4) is 0 Å². The SMILES string of the molecule is COc1ccc(Cn2c(COC3CCCCO3)cc3c(N)nc4ccccc4c32)cc1. The zero-order valence-corrected chi connectivity index (χ0v) is 17.7. The van der Waals surface area contributed by atoms with Crippen molar-refractivity contribution in [2.24, 2.45) is 0 Å². The molecule has 160 valence electrons. The molecular formula is C25H27N3O3. The van der Waals surface area contributed by atoms with Crippen molar-refractivity contribution in [3.8, 4) is 5.75 Å². The number of pyridine rings is 1. The molecule has 2 aromatic heterocycles. The standard InChI is InChI=1S/C25H27N3O3/c1-29-19-11-9-17(10-12-19)15-28-18(16-31-23-8-4-5-13-30-23)14-21-24(28)20-6-2-3-7-22(20)27-25(21)26/h2-3,6-7,9-12,14,23H,4-5,8,13,15-16H2,1H3,(H2,26,27). The largest absolute Gasteiger partial charge is 0.497 e. The number of methoxy groups -OCH3 is 1. The smallest absolute Gasteiger partial charge is 0.158 e. The Morgan fingerprint density at radius 2 is 1.94 bits per heavy atom. The monoisotopic (exact) mass is 417 g/mol. The molecule has 0 saturated carbocycles. The van der Waals surface area contributed by atoms with Crippen molar-refractivity contribution >= 4 is 27.6 Å². The molecule has 0 bridgehead atoms. The topological polar surface area (TPSA) is 71.5 Å². The molecule has 0 amide bonds. The van der Waals surface area contributed by atoms with Gasteiger partial charge in [0.05, 0.1) is 24.8 Å². The highest BCUT2D eigenvalue weighted by Gasteiger charge is 2.19. The van der Waals surface area contributed by atoms with Gasteiger partial charge in [0.2, 0.25) is 0 Å². The molecule has 1 aliphatic heterocycles. The van der Waals surface area contributed by atoms with E-state index in [-0.39, 0.29) is 6.29 Å². The van der Waals surface area contributed by atoms with Crippen LogP contribution in [0.4, 0.5) is 5.82 Å². The first-order valence-electron chi connectivity index (χ1n) is 10.8. The van der Waals surface area contributed by atoms with Crippen molar-refractivity contribution in [3.63, 3.8) is 0 Å². The summed E-state index contributed by atoms with van der Waals surface area (Å²) >= 11 is 0. The number of nitrogen functional groups attached to an aromatic ring is 1. The lowest BCUT2D eigenvalue weighted by atomic mass is 10.1. The first-order chi connectivity index (χ1) is 15.2. The predicted octanol–water partition coefficient (Wildman–Crippen LogP) is 4.87.